The van der Waals surface area contributed by atoms with Gasteiger partial charge in [0.25, 0.3) is 0 Å². The number of aromatic nitrogens is 2. The van der Waals surface area contributed by atoms with Gasteiger partial charge in [-0.3, -0.25) is 0 Å². The van der Waals surface area contributed by atoms with Gasteiger partial charge < -0.3 is 10.4 Å². The molecule has 3 N–H and O–H groups in total. The number of nitrogens with zero attached hydrogens (tertiary/aromatic N) is 4. The van der Waals surface area contributed by atoms with Gasteiger partial charge in [-0.15, -0.1) is 0 Å². The van der Waals surface area contributed by atoms with Crippen LogP contribution in [0.5, 0.6) is 0 Å². The highest BCUT2D eigenvalue weighted by molar-refractivity contribution is 5.60. The zero-order valence-electron chi connectivity index (χ0n) is 22.3. The van der Waals surface area contributed by atoms with E-state index >= 15 is 0 Å². The van der Waals surface area contributed by atoms with E-state index in [4.69, 9.17) is 5.21 Å². The lowest BCUT2D eigenvalue weighted by Crippen LogP contribution is -2.62. The van der Waals surface area contributed by atoms with Crippen molar-refractivity contribution in [1.82, 2.24) is 10.1 Å². The quantitative estimate of drug-likeness (QED) is 0.537. The Bertz CT molecular complexity index is 892. The molecule has 0 amide bonds. The average molecular weight is 470 g/mol. The Hall–Kier alpha value is -1.86. The Kier molecular flexibility index (Phi) is 6.21. The Morgan fingerprint density at radius 3 is 1.26 bits per heavy atom. The van der Waals surface area contributed by atoms with Crippen molar-refractivity contribution in [3.05, 3.63) is 49.1 Å². The van der Waals surface area contributed by atoms with Gasteiger partial charge in [-0.1, -0.05) is 5.06 Å². The number of pyridine rings is 2. The van der Waals surface area contributed by atoms with Gasteiger partial charge in [0.1, 0.15) is 0 Å². The summed E-state index contributed by atoms with van der Waals surface area (Å²) in [6.45, 7) is 17.2. The molecule has 0 bridgehead atoms. The third-order valence-corrected chi connectivity index (χ3v) is 8.18. The van der Waals surface area contributed by atoms with E-state index in [1.807, 2.05) is 0 Å². The molecule has 2 fully saturated rings. The fourth-order valence-corrected chi connectivity index (χ4v) is 6.61. The lowest BCUT2D eigenvalue weighted by Gasteiger charge is -2.49. The van der Waals surface area contributed by atoms with Crippen molar-refractivity contribution in [3.8, 4) is 11.1 Å². The topological polar surface area (TPSA) is 57.4 Å². The van der Waals surface area contributed by atoms with Gasteiger partial charge >= 0.3 is 0 Å². The third kappa shape index (κ3) is 4.66. The lowest BCUT2D eigenvalue weighted by molar-refractivity contribution is -0.731. The van der Waals surface area contributed by atoms with Crippen LogP contribution in [-0.4, -0.2) is 42.7 Å². The van der Waals surface area contributed by atoms with Gasteiger partial charge in [0, 0.05) is 61.0 Å². The fraction of sp³-hybridized carbons (Fsp3) is 0.643. The van der Waals surface area contributed by atoms with Crippen molar-refractivity contribution < 1.29 is 19.5 Å². The third-order valence-electron chi connectivity index (χ3n) is 8.18. The molecule has 4 rings (SSSR count). The molecule has 6 nitrogen and oxygen atoms in total. The molecule has 2 aliphatic heterocycles. The van der Waals surface area contributed by atoms with E-state index in [2.05, 4.69) is 114 Å². The number of hydrogen-bond donors (Lipinski definition) is 1. The minimum Gasteiger partial charge on any atom is -0.338 e. The molecule has 0 radical (unpaired) electrons. The molecule has 0 aliphatic carbocycles. The van der Waals surface area contributed by atoms with Crippen LogP contribution >= 0.6 is 0 Å². The predicted octanol–water partition coefficient (Wildman–Crippen LogP) is 4.35. The van der Waals surface area contributed by atoms with Crippen molar-refractivity contribution in [2.75, 3.05) is 0 Å². The standard InChI is InChI=1S/C28H44N4O2/c1-25(2)17-23(18-26(3,4)31(25)33)29-13-9-21(10-14-29)22-11-15-30(16-12-22)24-19-27(5,6)32(34)28(7,8)20-24/h9-16,23-24,33-34H,17-20H2,1-8H3/q+2/p+1. The number of hydroxylamine groups is 4. The van der Waals surface area contributed by atoms with E-state index in [0.29, 0.717) is 12.1 Å². The summed E-state index contributed by atoms with van der Waals surface area (Å²) in [5.41, 5.74) is 1.60. The van der Waals surface area contributed by atoms with Crippen LogP contribution < -0.4 is 9.13 Å². The Morgan fingerprint density at radius 2 is 0.941 bits per heavy atom. The normalized spacial score (nSPS) is 25.4. The summed E-state index contributed by atoms with van der Waals surface area (Å²) >= 11 is 0. The molecule has 0 saturated carbocycles. The van der Waals surface area contributed by atoms with E-state index in [1.54, 1.807) is 10.1 Å². The zero-order chi connectivity index (χ0) is 25.1. The van der Waals surface area contributed by atoms with E-state index < -0.39 is 0 Å². The van der Waals surface area contributed by atoms with E-state index in [-0.39, 0.29) is 22.2 Å². The van der Waals surface area contributed by atoms with Crippen LogP contribution in [0.2, 0.25) is 0 Å². The molecule has 4 heterocycles. The summed E-state index contributed by atoms with van der Waals surface area (Å²) in [6.07, 6.45) is 12.5. The van der Waals surface area contributed by atoms with E-state index in [0.717, 1.165) is 25.7 Å². The SMILES string of the molecule is CC1(C)CC([n+]2ccc(-c3cc[n+](C4CC(C)(C)N([OH2+])C(C)(C)C4)cc3)cc2)CC(C)(C)N1O. The second-order valence-electron chi connectivity index (χ2n) is 13.1. The van der Waals surface area contributed by atoms with E-state index in [9.17, 15) is 5.21 Å². The summed E-state index contributed by atoms with van der Waals surface area (Å²) in [5.74, 6) is 0. The van der Waals surface area contributed by atoms with Crippen molar-refractivity contribution in [3.63, 3.8) is 0 Å². The van der Waals surface area contributed by atoms with Crippen LogP contribution in [0.4, 0.5) is 0 Å². The first-order valence-electron chi connectivity index (χ1n) is 12.7. The van der Waals surface area contributed by atoms with Gasteiger partial charge in [-0.05, 0) is 66.5 Å². The van der Waals surface area contributed by atoms with Crippen molar-refractivity contribution in [2.45, 2.75) is 115 Å². The van der Waals surface area contributed by atoms with Crippen molar-refractivity contribution in [2.24, 2.45) is 0 Å². The van der Waals surface area contributed by atoms with E-state index in [1.165, 1.54) is 11.1 Å². The van der Waals surface area contributed by atoms with Gasteiger partial charge in [-0.2, -0.15) is 5.06 Å². The molecule has 2 aliphatic rings. The molecule has 6 heteroatoms. The fourth-order valence-electron chi connectivity index (χ4n) is 6.61. The minimum absolute atomic E-state index is 0.152. The Labute approximate surface area is 205 Å². The Morgan fingerprint density at radius 1 is 0.647 bits per heavy atom. The van der Waals surface area contributed by atoms with Gasteiger partial charge in [0.05, 0.1) is 11.1 Å². The molecule has 34 heavy (non-hydrogen) atoms. The monoisotopic (exact) mass is 469 g/mol. The first-order valence-corrected chi connectivity index (χ1v) is 12.7. The largest absolute Gasteiger partial charge is 0.338 e. The molecule has 2 aromatic rings. The van der Waals surface area contributed by atoms with Crippen LogP contribution in [0.3, 0.4) is 0 Å². The number of rotatable bonds is 3. The summed E-state index contributed by atoms with van der Waals surface area (Å²) < 4.78 is 4.64. The summed E-state index contributed by atoms with van der Waals surface area (Å²) in [6, 6.07) is 9.58. The Balaban J connectivity index is 1.50. The highest BCUT2D eigenvalue weighted by Crippen LogP contribution is 2.41. The molecule has 186 valence electrons. The molecule has 0 aromatic carbocycles. The number of piperidine rings is 2. The van der Waals surface area contributed by atoms with Crippen molar-refractivity contribution >= 4 is 0 Å². The van der Waals surface area contributed by atoms with Gasteiger partial charge in [-0.25, -0.2) is 9.13 Å². The maximum absolute atomic E-state index is 10.6. The second-order valence-corrected chi connectivity index (χ2v) is 13.1. The molecule has 2 aromatic heterocycles. The van der Waals surface area contributed by atoms with Crippen molar-refractivity contribution in [1.29, 1.82) is 0 Å². The highest BCUT2D eigenvalue weighted by atomic mass is 16.5. The molecule has 0 atom stereocenters. The summed E-state index contributed by atoms with van der Waals surface area (Å²) in [7, 11) is 0. The molecule has 0 unspecified atom stereocenters. The van der Waals surface area contributed by atoms with Crippen LogP contribution in [0, 0.1) is 0 Å². The first kappa shape index (κ1) is 25.2. The zero-order valence-corrected chi connectivity index (χ0v) is 22.3. The molecule has 2 saturated heterocycles. The maximum Gasteiger partial charge on any atom is 0.169 e. The highest BCUT2D eigenvalue weighted by Gasteiger charge is 2.51. The van der Waals surface area contributed by atoms with Gasteiger partial charge in [0.2, 0.25) is 0 Å². The average Bonchev–Trinajstić information content (AvgIpc) is 2.75. The van der Waals surface area contributed by atoms with Crippen LogP contribution in [-0.2, 0) is 0 Å². The smallest absolute Gasteiger partial charge is 0.169 e. The number of hydrogen-bond acceptors (Lipinski definition) is 3. The summed E-state index contributed by atoms with van der Waals surface area (Å²) in [4.78, 5) is 0. The molecular formula is C28H45N4O2+3. The molecule has 0 spiro atoms. The van der Waals surface area contributed by atoms with Crippen LogP contribution in [0.1, 0.15) is 93.2 Å². The first-order chi connectivity index (χ1) is 15.6. The maximum atomic E-state index is 10.6. The van der Waals surface area contributed by atoms with Crippen LogP contribution in [0.15, 0.2) is 49.1 Å². The second kappa shape index (κ2) is 8.37. The van der Waals surface area contributed by atoms with Gasteiger partial charge in [0.15, 0.2) is 36.9 Å². The lowest BCUT2D eigenvalue weighted by atomic mass is 9.78. The minimum atomic E-state index is -0.260. The van der Waals surface area contributed by atoms with Crippen LogP contribution in [0.25, 0.3) is 11.1 Å². The predicted molar refractivity (Wildman–Crippen MR) is 134 cm³/mol. The molecular weight excluding hydrogens is 424 g/mol. The summed E-state index contributed by atoms with van der Waals surface area (Å²) in [5, 5.41) is 22.5.